The smallest absolute Gasteiger partial charge is 0.308 e. The molecular weight excluding hydrogens is 298 g/mol. The van der Waals surface area contributed by atoms with Crippen molar-refractivity contribution >= 4 is 5.97 Å². The summed E-state index contributed by atoms with van der Waals surface area (Å²) < 4.78 is 5.44. The number of ether oxygens (including phenoxy) is 1. The first-order valence-corrected chi connectivity index (χ1v) is 9.71. The van der Waals surface area contributed by atoms with Crippen molar-refractivity contribution in [2.45, 2.75) is 79.6 Å². The van der Waals surface area contributed by atoms with E-state index in [1.165, 1.54) is 0 Å². The average molecular weight is 336 g/mol. The molecule has 4 atom stereocenters. The summed E-state index contributed by atoms with van der Waals surface area (Å²) in [4.78, 5) is 12.4. The number of hydrogen-bond donors (Lipinski definition) is 0. The molecule has 0 heterocycles. The number of allylic oxidation sites excluding steroid dienone is 2. The topological polar surface area (TPSA) is 50.1 Å². The third-order valence-corrected chi connectivity index (χ3v) is 4.57. The SMILES string of the molecule is CCC=CC(C)CC(C#N)CC(CC(C)CC)C(=O)OCCCC. The fraction of sp³-hybridized carbons (Fsp3) is 0.810. The van der Waals surface area contributed by atoms with Crippen molar-refractivity contribution in [2.75, 3.05) is 6.61 Å². The molecular formula is C21H37NO2. The first kappa shape index (κ1) is 22.7. The van der Waals surface area contributed by atoms with Gasteiger partial charge in [-0.05, 0) is 43.9 Å². The van der Waals surface area contributed by atoms with Crippen LogP contribution in [0.4, 0.5) is 0 Å². The third kappa shape index (κ3) is 10.5. The number of carbonyl (C=O) groups is 1. The van der Waals surface area contributed by atoms with E-state index in [2.05, 4.69) is 52.8 Å². The van der Waals surface area contributed by atoms with Crippen molar-refractivity contribution in [3.63, 3.8) is 0 Å². The van der Waals surface area contributed by atoms with Crippen LogP contribution in [0.25, 0.3) is 0 Å². The van der Waals surface area contributed by atoms with Crippen LogP contribution in [0.3, 0.4) is 0 Å². The van der Waals surface area contributed by atoms with Crippen molar-refractivity contribution < 1.29 is 9.53 Å². The largest absolute Gasteiger partial charge is 0.465 e. The van der Waals surface area contributed by atoms with Gasteiger partial charge in [0.05, 0.1) is 18.6 Å². The molecule has 0 aromatic carbocycles. The Morgan fingerprint density at radius 3 is 2.42 bits per heavy atom. The van der Waals surface area contributed by atoms with E-state index in [0.29, 0.717) is 24.9 Å². The number of nitrogens with zero attached hydrogens (tertiary/aromatic N) is 1. The zero-order valence-corrected chi connectivity index (χ0v) is 16.4. The second kappa shape index (κ2) is 14.1. The Hall–Kier alpha value is -1.30. The molecule has 0 radical (unpaired) electrons. The minimum absolute atomic E-state index is 0.0886. The molecule has 138 valence electrons. The summed E-state index contributed by atoms with van der Waals surface area (Å²) in [7, 11) is 0. The van der Waals surface area contributed by atoms with Gasteiger partial charge in [0.25, 0.3) is 0 Å². The predicted molar refractivity (Wildman–Crippen MR) is 100 cm³/mol. The van der Waals surface area contributed by atoms with Gasteiger partial charge in [0.2, 0.25) is 0 Å². The summed E-state index contributed by atoms with van der Waals surface area (Å²) in [5.74, 6) is 0.499. The van der Waals surface area contributed by atoms with Crippen molar-refractivity contribution in [1.29, 1.82) is 5.26 Å². The molecule has 0 saturated carbocycles. The lowest BCUT2D eigenvalue weighted by Crippen LogP contribution is -2.23. The fourth-order valence-corrected chi connectivity index (χ4v) is 2.82. The average Bonchev–Trinajstić information content (AvgIpc) is 2.58. The highest BCUT2D eigenvalue weighted by Crippen LogP contribution is 2.27. The van der Waals surface area contributed by atoms with Crippen LogP contribution < -0.4 is 0 Å². The van der Waals surface area contributed by atoms with Crippen molar-refractivity contribution in [3.05, 3.63) is 12.2 Å². The van der Waals surface area contributed by atoms with E-state index in [4.69, 9.17) is 4.74 Å². The van der Waals surface area contributed by atoms with Gasteiger partial charge in [-0.15, -0.1) is 0 Å². The summed E-state index contributed by atoms with van der Waals surface area (Å²) in [6.07, 6.45) is 10.6. The van der Waals surface area contributed by atoms with Gasteiger partial charge in [-0.3, -0.25) is 4.79 Å². The molecule has 0 saturated heterocycles. The lowest BCUT2D eigenvalue weighted by molar-refractivity contribution is -0.149. The molecule has 0 rings (SSSR count). The van der Waals surface area contributed by atoms with E-state index in [0.717, 1.165) is 38.5 Å². The predicted octanol–water partition coefficient (Wildman–Crippen LogP) is 5.90. The third-order valence-electron chi connectivity index (χ3n) is 4.57. The molecule has 0 aliphatic heterocycles. The van der Waals surface area contributed by atoms with Crippen LogP contribution in [0.1, 0.15) is 79.6 Å². The van der Waals surface area contributed by atoms with Gasteiger partial charge >= 0.3 is 5.97 Å². The van der Waals surface area contributed by atoms with E-state index in [1.807, 2.05) is 0 Å². The number of carbonyl (C=O) groups excluding carboxylic acids is 1. The molecule has 24 heavy (non-hydrogen) atoms. The molecule has 0 aromatic heterocycles. The standard InChI is InChI=1S/C21H37NO2/c1-6-9-11-18(5)13-19(16-22)15-20(14-17(4)8-3)21(23)24-12-10-7-2/h9,11,17-20H,6-8,10,12-15H2,1-5H3. The first-order valence-electron chi connectivity index (χ1n) is 9.71. The van der Waals surface area contributed by atoms with E-state index < -0.39 is 0 Å². The number of unbranched alkanes of at least 4 members (excludes halogenated alkanes) is 1. The minimum Gasteiger partial charge on any atom is -0.465 e. The molecule has 0 spiro atoms. The minimum atomic E-state index is -0.149. The van der Waals surface area contributed by atoms with Crippen LogP contribution >= 0.6 is 0 Å². The number of esters is 1. The zero-order chi connectivity index (χ0) is 18.4. The van der Waals surface area contributed by atoms with Crippen molar-refractivity contribution in [1.82, 2.24) is 0 Å². The van der Waals surface area contributed by atoms with Gasteiger partial charge in [0, 0.05) is 5.92 Å². The molecule has 0 N–H and O–H groups in total. The quantitative estimate of drug-likeness (QED) is 0.239. The maximum absolute atomic E-state index is 12.4. The summed E-state index contributed by atoms with van der Waals surface area (Å²) in [5, 5.41) is 9.51. The number of nitriles is 1. The van der Waals surface area contributed by atoms with Crippen LogP contribution in [-0.4, -0.2) is 12.6 Å². The Morgan fingerprint density at radius 1 is 1.17 bits per heavy atom. The molecule has 3 heteroatoms. The Morgan fingerprint density at radius 2 is 1.88 bits per heavy atom. The van der Waals surface area contributed by atoms with E-state index in [1.54, 1.807) is 0 Å². The Balaban J connectivity index is 4.77. The lowest BCUT2D eigenvalue weighted by atomic mass is 9.83. The molecule has 0 aliphatic rings. The Kier molecular flexibility index (Phi) is 13.3. The monoisotopic (exact) mass is 335 g/mol. The number of hydrogen-bond acceptors (Lipinski definition) is 3. The molecule has 0 bridgehead atoms. The van der Waals surface area contributed by atoms with Gasteiger partial charge in [-0.2, -0.15) is 5.26 Å². The molecule has 0 fully saturated rings. The van der Waals surface area contributed by atoms with Gasteiger partial charge in [-0.1, -0.05) is 59.6 Å². The lowest BCUT2D eigenvalue weighted by Gasteiger charge is -2.22. The summed E-state index contributed by atoms with van der Waals surface area (Å²) >= 11 is 0. The molecule has 0 aromatic rings. The van der Waals surface area contributed by atoms with Crippen LogP contribution in [0.5, 0.6) is 0 Å². The second-order valence-electron chi connectivity index (χ2n) is 7.08. The van der Waals surface area contributed by atoms with Crippen molar-refractivity contribution in [2.24, 2.45) is 23.7 Å². The molecule has 0 amide bonds. The summed E-state index contributed by atoms with van der Waals surface area (Å²) in [6, 6.07) is 2.41. The van der Waals surface area contributed by atoms with Gasteiger partial charge < -0.3 is 4.74 Å². The summed E-state index contributed by atoms with van der Waals surface area (Å²) in [6.45, 7) is 11.1. The highest BCUT2D eigenvalue weighted by Gasteiger charge is 2.26. The van der Waals surface area contributed by atoms with Crippen LogP contribution in [0.15, 0.2) is 12.2 Å². The maximum Gasteiger partial charge on any atom is 0.308 e. The van der Waals surface area contributed by atoms with Gasteiger partial charge in [-0.25, -0.2) is 0 Å². The maximum atomic E-state index is 12.4. The van der Waals surface area contributed by atoms with E-state index in [9.17, 15) is 10.1 Å². The van der Waals surface area contributed by atoms with Crippen LogP contribution in [-0.2, 0) is 9.53 Å². The normalized spacial score (nSPS) is 16.3. The fourth-order valence-electron chi connectivity index (χ4n) is 2.82. The van der Waals surface area contributed by atoms with E-state index in [-0.39, 0.29) is 17.8 Å². The van der Waals surface area contributed by atoms with Gasteiger partial charge in [0.1, 0.15) is 0 Å². The Bertz CT molecular complexity index is 397. The van der Waals surface area contributed by atoms with Crippen LogP contribution in [0.2, 0.25) is 0 Å². The Labute approximate surface area is 149 Å². The first-order chi connectivity index (χ1) is 11.5. The molecule has 0 aliphatic carbocycles. The van der Waals surface area contributed by atoms with Crippen LogP contribution in [0, 0.1) is 35.0 Å². The van der Waals surface area contributed by atoms with E-state index >= 15 is 0 Å². The summed E-state index contributed by atoms with van der Waals surface area (Å²) in [5.41, 5.74) is 0. The second-order valence-corrected chi connectivity index (χ2v) is 7.08. The zero-order valence-electron chi connectivity index (χ0n) is 16.4. The molecule has 3 nitrogen and oxygen atoms in total. The highest BCUT2D eigenvalue weighted by molar-refractivity contribution is 5.72. The molecule has 4 unspecified atom stereocenters. The van der Waals surface area contributed by atoms with Crippen molar-refractivity contribution in [3.8, 4) is 6.07 Å². The number of rotatable bonds is 13. The highest BCUT2D eigenvalue weighted by atomic mass is 16.5. The van der Waals surface area contributed by atoms with Gasteiger partial charge in [0.15, 0.2) is 0 Å².